The molecule has 0 amide bonds. The molecule has 0 bridgehead atoms. The van der Waals surface area contributed by atoms with Crippen LogP contribution in [0.2, 0.25) is 0 Å². The minimum absolute atomic E-state index is 0.203. The van der Waals surface area contributed by atoms with Crippen LogP contribution in [0.1, 0.15) is 85.1 Å². The molecule has 3 aromatic rings. The highest BCUT2D eigenvalue weighted by atomic mass is 79.9. The molecule has 1 fully saturated rings. The van der Waals surface area contributed by atoms with E-state index in [9.17, 15) is 4.79 Å². The van der Waals surface area contributed by atoms with Crippen LogP contribution in [-0.4, -0.2) is 58.8 Å². The second kappa shape index (κ2) is 16.5. The molecule has 1 atom stereocenters. The molecule has 0 aliphatic carbocycles. The van der Waals surface area contributed by atoms with E-state index in [0.717, 1.165) is 21.5 Å². The molecular formula is C38H52BrNO5. The van der Waals surface area contributed by atoms with Gasteiger partial charge in [-0.3, -0.25) is 4.79 Å². The van der Waals surface area contributed by atoms with Crippen LogP contribution in [0.15, 0.2) is 46.9 Å². The lowest BCUT2D eigenvalue weighted by Gasteiger charge is -2.29. The molecule has 3 aromatic carbocycles. The summed E-state index contributed by atoms with van der Waals surface area (Å²) in [6.07, 6.45) is 5.43. The maximum Gasteiger partial charge on any atom is 0.204 e. The van der Waals surface area contributed by atoms with Crippen LogP contribution in [-0.2, 0) is 11.8 Å². The standard InChI is InChI=1S/C19H21BrO5.C19H31N/c1-10-9-14(23-4)18(24-5)19(25-6)15(10)17(21)16-11(2)12(20)7-8-13(16)22-3;1-16(15-20-12-6-5-7-13-20)14-17-8-10-18(11-9-17)19(2,3)4/h7-9H,1-6H3;8-11,16H,5-7,12-15H2,1-4H3. The van der Waals surface area contributed by atoms with Gasteiger partial charge in [0.1, 0.15) is 5.75 Å². The number of rotatable bonds is 10. The van der Waals surface area contributed by atoms with E-state index in [0.29, 0.717) is 34.1 Å². The van der Waals surface area contributed by atoms with Gasteiger partial charge in [0, 0.05) is 11.0 Å². The second-order valence-corrected chi connectivity index (χ2v) is 13.9. The number of ether oxygens (including phenoxy) is 4. The molecule has 0 aromatic heterocycles. The second-order valence-electron chi connectivity index (χ2n) is 13.0. The van der Waals surface area contributed by atoms with Crippen molar-refractivity contribution in [2.45, 2.75) is 72.6 Å². The zero-order valence-corrected chi connectivity index (χ0v) is 30.5. The summed E-state index contributed by atoms with van der Waals surface area (Å²) >= 11 is 3.47. The smallest absolute Gasteiger partial charge is 0.204 e. The predicted octanol–water partition coefficient (Wildman–Crippen LogP) is 8.98. The van der Waals surface area contributed by atoms with Gasteiger partial charge in [-0.2, -0.15) is 0 Å². The van der Waals surface area contributed by atoms with Crippen molar-refractivity contribution in [3.63, 3.8) is 0 Å². The van der Waals surface area contributed by atoms with Gasteiger partial charge in [0.25, 0.3) is 0 Å². The maximum atomic E-state index is 13.4. The van der Waals surface area contributed by atoms with Crippen LogP contribution in [0.3, 0.4) is 0 Å². The Balaban J connectivity index is 0.000000251. The third-order valence-electron chi connectivity index (χ3n) is 8.48. The van der Waals surface area contributed by atoms with Crippen LogP contribution in [0.25, 0.3) is 0 Å². The molecule has 1 saturated heterocycles. The van der Waals surface area contributed by atoms with Gasteiger partial charge in [-0.1, -0.05) is 74.3 Å². The first-order valence-electron chi connectivity index (χ1n) is 15.8. The third kappa shape index (κ3) is 9.26. The lowest BCUT2D eigenvalue weighted by Crippen LogP contribution is -2.34. The minimum atomic E-state index is -0.203. The highest BCUT2D eigenvalue weighted by Crippen LogP contribution is 2.44. The average molecular weight is 683 g/mol. The summed E-state index contributed by atoms with van der Waals surface area (Å²) in [6.45, 7) is 16.8. The van der Waals surface area contributed by atoms with E-state index >= 15 is 0 Å². The monoisotopic (exact) mass is 681 g/mol. The van der Waals surface area contributed by atoms with Crippen LogP contribution in [0.4, 0.5) is 0 Å². The number of carbonyl (C=O) groups excluding carboxylic acids is 1. The highest BCUT2D eigenvalue weighted by molar-refractivity contribution is 9.10. The molecule has 1 heterocycles. The Morgan fingerprint density at radius 1 is 0.822 bits per heavy atom. The Bertz CT molecular complexity index is 1420. The summed E-state index contributed by atoms with van der Waals surface area (Å²) < 4.78 is 22.5. The molecule has 0 spiro atoms. The molecule has 0 N–H and O–H groups in total. The summed E-state index contributed by atoms with van der Waals surface area (Å²) in [4.78, 5) is 16.0. The molecule has 7 heteroatoms. The largest absolute Gasteiger partial charge is 0.496 e. The molecular weight excluding hydrogens is 630 g/mol. The lowest BCUT2D eigenvalue weighted by molar-refractivity contribution is 0.103. The fourth-order valence-corrected chi connectivity index (χ4v) is 6.32. The zero-order valence-electron chi connectivity index (χ0n) is 28.9. The first-order valence-corrected chi connectivity index (χ1v) is 16.6. The summed E-state index contributed by atoms with van der Waals surface area (Å²) in [7, 11) is 6.09. The average Bonchev–Trinajstić information content (AvgIpc) is 3.01. The number of nitrogens with zero attached hydrogens (tertiary/aromatic N) is 1. The third-order valence-corrected chi connectivity index (χ3v) is 9.34. The van der Waals surface area contributed by atoms with Gasteiger partial charge in [0.05, 0.1) is 39.6 Å². The van der Waals surface area contributed by atoms with E-state index in [1.54, 1.807) is 19.2 Å². The Kier molecular flexibility index (Phi) is 13.4. The number of hydrogen-bond acceptors (Lipinski definition) is 6. The van der Waals surface area contributed by atoms with Gasteiger partial charge in [-0.05, 0) is 98.0 Å². The van der Waals surface area contributed by atoms with Crippen molar-refractivity contribution < 1.29 is 23.7 Å². The van der Waals surface area contributed by atoms with Gasteiger partial charge in [0.2, 0.25) is 11.5 Å². The maximum absolute atomic E-state index is 13.4. The number of carbonyl (C=O) groups is 1. The van der Waals surface area contributed by atoms with E-state index in [1.807, 2.05) is 19.9 Å². The molecule has 6 nitrogen and oxygen atoms in total. The fourth-order valence-electron chi connectivity index (χ4n) is 5.99. The van der Waals surface area contributed by atoms with E-state index in [1.165, 1.54) is 77.8 Å². The quantitative estimate of drug-likeness (QED) is 0.199. The van der Waals surface area contributed by atoms with Crippen molar-refractivity contribution in [3.05, 3.63) is 80.3 Å². The number of halogens is 1. The number of benzene rings is 3. The van der Waals surface area contributed by atoms with Gasteiger partial charge < -0.3 is 23.8 Å². The van der Waals surface area contributed by atoms with Crippen molar-refractivity contribution >= 4 is 21.7 Å². The van der Waals surface area contributed by atoms with E-state index < -0.39 is 0 Å². The topological polar surface area (TPSA) is 57.2 Å². The first kappa shape index (κ1) is 36.4. The summed E-state index contributed by atoms with van der Waals surface area (Å²) in [5, 5.41) is 0. The Labute approximate surface area is 279 Å². The van der Waals surface area contributed by atoms with E-state index in [4.69, 9.17) is 18.9 Å². The van der Waals surface area contributed by atoms with Crippen LogP contribution >= 0.6 is 15.9 Å². The Morgan fingerprint density at radius 2 is 1.42 bits per heavy atom. The number of aryl methyl sites for hydroxylation is 1. The van der Waals surface area contributed by atoms with Gasteiger partial charge in [-0.15, -0.1) is 0 Å². The molecule has 4 rings (SSSR count). The SMILES string of the molecule is CC(Cc1ccc(C(C)(C)C)cc1)CN1CCCCC1.COc1cc(C)c(C(=O)c2c(OC)ccc(Br)c2C)c(OC)c1OC. The number of piperidine rings is 1. The number of likely N-dealkylation sites (tertiary alicyclic amines) is 1. The Morgan fingerprint density at radius 3 is 1.96 bits per heavy atom. The van der Waals surface area contributed by atoms with E-state index in [-0.39, 0.29) is 11.2 Å². The van der Waals surface area contributed by atoms with Crippen molar-refractivity contribution in [3.8, 4) is 23.0 Å². The van der Waals surface area contributed by atoms with Crippen molar-refractivity contribution in [1.29, 1.82) is 0 Å². The molecule has 1 unspecified atom stereocenters. The van der Waals surface area contributed by atoms with Gasteiger partial charge in [0.15, 0.2) is 11.5 Å². The molecule has 0 radical (unpaired) electrons. The van der Waals surface area contributed by atoms with Crippen molar-refractivity contribution in [1.82, 2.24) is 4.90 Å². The van der Waals surface area contributed by atoms with Gasteiger partial charge in [-0.25, -0.2) is 0 Å². The lowest BCUT2D eigenvalue weighted by atomic mass is 9.86. The predicted molar refractivity (Wildman–Crippen MR) is 188 cm³/mol. The summed E-state index contributed by atoms with van der Waals surface area (Å²) in [6, 6.07) is 14.6. The molecule has 246 valence electrons. The van der Waals surface area contributed by atoms with Crippen LogP contribution in [0, 0.1) is 19.8 Å². The zero-order chi connectivity index (χ0) is 33.3. The number of methoxy groups -OCH3 is 4. The van der Waals surface area contributed by atoms with Crippen LogP contribution in [0.5, 0.6) is 23.0 Å². The fraction of sp³-hybridized carbons (Fsp3) is 0.500. The highest BCUT2D eigenvalue weighted by Gasteiger charge is 2.28. The first-order chi connectivity index (χ1) is 21.4. The van der Waals surface area contributed by atoms with Gasteiger partial charge >= 0.3 is 0 Å². The van der Waals surface area contributed by atoms with Crippen LogP contribution < -0.4 is 18.9 Å². The number of ketones is 1. The number of hydrogen-bond donors (Lipinski definition) is 0. The van der Waals surface area contributed by atoms with Crippen molar-refractivity contribution in [2.24, 2.45) is 5.92 Å². The molecule has 45 heavy (non-hydrogen) atoms. The molecule has 1 aliphatic heterocycles. The minimum Gasteiger partial charge on any atom is -0.496 e. The molecule has 1 aliphatic rings. The molecule has 0 saturated carbocycles. The summed E-state index contributed by atoms with van der Waals surface area (Å²) in [5.74, 6) is 2.28. The summed E-state index contributed by atoms with van der Waals surface area (Å²) in [5.41, 5.74) is 5.59. The normalized spacial score (nSPS) is 14.2. The van der Waals surface area contributed by atoms with E-state index in [2.05, 4.69) is 72.8 Å². The Hall–Kier alpha value is -3.03. The van der Waals surface area contributed by atoms with Crippen molar-refractivity contribution in [2.75, 3.05) is 48.1 Å².